The minimum absolute atomic E-state index is 0.0476. The zero-order valence-corrected chi connectivity index (χ0v) is 13.0. The monoisotopic (exact) mass is 332 g/mol. The molecule has 0 spiro atoms. The lowest BCUT2D eigenvalue weighted by molar-refractivity contribution is 0.170. The van der Waals surface area contributed by atoms with Gasteiger partial charge in [-0.25, -0.2) is 12.8 Å². The van der Waals surface area contributed by atoms with E-state index >= 15 is 0 Å². The Morgan fingerprint density at radius 1 is 1.43 bits per heavy atom. The Hall–Kier alpha value is -1.09. The predicted molar refractivity (Wildman–Crippen MR) is 80.9 cm³/mol. The van der Waals surface area contributed by atoms with Gasteiger partial charge in [0.1, 0.15) is 10.8 Å². The average Bonchev–Trinajstić information content (AvgIpc) is 2.46. The molecule has 1 heterocycles. The molecule has 0 amide bonds. The van der Waals surface area contributed by atoms with Crippen LogP contribution in [0.25, 0.3) is 0 Å². The third-order valence-corrected chi connectivity index (χ3v) is 5.82. The lowest BCUT2D eigenvalue weighted by Gasteiger charge is -2.30. The second-order valence-corrected chi connectivity index (χ2v) is 7.35. The first-order chi connectivity index (χ1) is 9.87. The van der Waals surface area contributed by atoms with Crippen LogP contribution in [0.15, 0.2) is 23.1 Å². The number of hydrogen-bond acceptors (Lipinski definition) is 4. The molecule has 0 aliphatic carbocycles. The van der Waals surface area contributed by atoms with Gasteiger partial charge in [0.2, 0.25) is 10.0 Å². The molecule has 8 heteroatoms. The largest absolute Gasteiger partial charge is 0.396 e. The first kappa shape index (κ1) is 16.3. The van der Waals surface area contributed by atoms with Crippen LogP contribution in [-0.4, -0.2) is 42.5 Å². The molecule has 21 heavy (non-hydrogen) atoms. The average molecular weight is 332 g/mol. The molecular formula is C13H17FN2O3S2. The predicted octanol–water partition coefficient (Wildman–Crippen LogP) is 0.853. The molecule has 5 nitrogen and oxygen atoms in total. The van der Waals surface area contributed by atoms with E-state index in [0.717, 1.165) is 6.07 Å². The highest BCUT2D eigenvalue weighted by Gasteiger charge is 2.32. The Balaban J connectivity index is 2.37. The van der Waals surface area contributed by atoms with Crippen LogP contribution >= 0.6 is 12.2 Å². The lowest BCUT2D eigenvalue weighted by atomic mass is 10.00. The SMILES string of the molecule is NC(=S)c1c(F)cccc1S(=O)(=O)N1CCC(CO)CC1. The number of nitrogens with zero attached hydrogens (tertiary/aromatic N) is 1. The van der Waals surface area contributed by atoms with E-state index in [1.54, 1.807) is 0 Å². The van der Waals surface area contributed by atoms with Gasteiger partial charge in [-0.1, -0.05) is 18.3 Å². The van der Waals surface area contributed by atoms with Gasteiger partial charge in [-0.05, 0) is 30.9 Å². The highest BCUT2D eigenvalue weighted by atomic mass is 32.2. The van der Waals surface area contributed by atoms with E-state index in [-0.39, 0.29) is 28.0 Å². The fourth-order valence-electron chi connectivity index (χ4n) is 2.43. The number of sulfonamides is 1. The number of aliphatic hydroxyl groups is 1. The first-order valence-electron chi connectivity index (χ1n) is 6.57. The number of rotatable bonds is 4. The molecule has 1 aromatic rings. The van der Waals surface area contributed by atoms with Crippen LogP contribution in [0.1, 0.15) is 18.4 Å². The molecule has 3 N–H and O–H groups in total. The Morgan fingerprint density at radius 2 is 2.05 bits per heavy atom. The summed E-state index contributed by atoms with van der Waals surface area (Å²) in [6.45, 7) is 0.633. The Kier molecular flexibility index (Phi) is 4.92. The normalized spacial score (nSPS) is 17.8. The zero-order chi connectivity index (χ0) is 15.6. The van der Waals surface area contributed by atoms with Crippen LogP contribution in [0, 0.1) is 11.7 Å². The highest BCUT2D eigenvalue weighted by molar-refractivity contribution is 7.89. The van der Waals surface area contributed by atoms with Gasteiger partial charge in [0.25, 0.3) is 0 Å². The van der Waals surface area contributed by atoms with Crippen LogP contribution in [-0.2, 0) is 10.0 Å². The third-order valence-electron chi connectivity index (χ3n) is 3.67. The van der Waals surface area contributed by atoms with Crippen molar-refractivity contribution in [2.45, 2.75) is 17.7 Å². The first-order valence-corrected chi connectivity index (χ1v) is 8.42. The molecule has 116 valence electrons. The Labute approximate surface area is 128 Å². The summed E-state index contributed by atoms with van der Waals surface area (Å²) in [5.74, 6) is -0.632. The summed E-state index contributed by atoms with van der Waals surface area (Å²) in [6, 6.07) is 3.76. The summed E-state index contributed by atoms with van der Waals surface area (Å²) >= 11 is 4.77. The van der Waals surface area contributed by atoms with Crippen molar-refractivity contribution in [3.05, 3.63) is 29.6 Å². The van der Waals surface area contributed by atoms with E-state index in [1.165, 1.54) is 16.4 Å². The molecule has 0 aromatic heterocycles. The molecule has 1 aliphatic heterocycles. The highest BCUT2D eigenvalue weighted by Crippen LogP contribution is 2.26. The van der Waals surface area contributed by atoms with Gasteiger partial charge in [-0.3, -0.25) is 0 Å². The summed E-state index contributed by atoms with van der Waals surface area (Å²) in [4.78, 5) is -0.477. The van der Waals surface area contributed by atoms with Gasteiger partial charge < -0.3 is 10.8 Å². The summed E-state index contributed by atoms with van der Waals surface area (Å²) in [7, 11) is -3.85. The van der Waals surface area contributed by atoms with Crippen molar-refractivity contribution in [2.24, 2.45) is 11.7 Å². The molecule has 2 rings (SSSR count). The zero-order valence-electron chi connectivity index (χ0n) is 11.3. The summed E-state index contributed by atoms with van der Waals surface area (Å²) in [6.07, 6.45) is 1.15. The molecule has 1 fully saturated rings. The Morgan fingerprint density at radius 3 is 2.57 bits per heavy atom. The lowest BCUT2D eigenvalue weighted by Crippen LogP contribution is -2.40. The minimum atomic E-state index is -3.85. The molecule has 1 saturated heterocycles. The maximum atomic E-state index is 13.8. The summed E-state index contributed by atoms with van der Waals surface area (Å²) in [5, 5.41) is 9.10. The van der Waals surface area contributed by atoms with Crippen molar-refractivity contribution < 1.29 is 17.9 Å². The van der Waals surface area contributed by atoms with Gasteiger partial charge in [0.15, 0.2) is 0 Å². The van der Waals surface area contributed by atoms with E-state index in [1.807, 2.05) is 0 Å². The standard InChI is InChI=1S/C13H17FN2O3S2/c14-10-2-1-3-11(12(10)13(15)20)21(18,19)16-6-4-9(8-17)5-7-16/h1-3,9,17H,4-8H2,(H2,15,20). The molecular weight excluding hydrogens is 315 g/mol. The number of thiocarbonyl (C=S) groups is 1. The van der Waals surface area contributed by atoms with Gasteiger partial charge >= 0.3 is 0 Å². The number of benzene rings is 1. The quantitative estimate of drug-likeness (QED) is 0.799. The number of hydrogen-bond donors (Lipinski definition) is 2. The molecule has 0 radical (unpaired) electrons. The topological polar surface area (TPSA) is 83.6 Å². The van der Waals surface area contributed by atoms with Crippen LogP contribution < -0.4 is 5.73 Å². The number of halogens is 1. The van der Waals surface area contributed by atoms with Crippen LogP contribution in [0.2, 0.25) is 0 Å². The van der Waals surface area contributed by atoms with Crippen molar-refractivity contribution in [1.82, 2.24) is 4.31 Å². The summed E-state index contributed by atoms with van der Waals surface area (Å²) in [5.41, 5.74) is 5.22. The van der Waals surface area contributed by atoms with Crippen molar-refractivity contribution in [2.75, 3.05) is 19.7 Å². The van der Waals surface area contributed by atoms with Crippen molar-refractivity contribution in [1.29, 1.82) is 0 Å². The van der Waals surface area contributed by atoms with Crippen molar-refractivity contribution in [3.8, 4) is 0 Å². The summed E-state index contributed by atoms with van der Waals surface area (Å²) < 4.78 is 40.4. The molecule has 0 atom stereocenters. The number of piperidine rings is 1. The number of nitrogens with two attached hydrogens (primary N) is 1. The molecule has 1 aromatic carbocycles. The smallest absolute Gasteiger partial charge is 0.243 e. The second-order valence-electron chi connectivity index (χ2n) is 5.01. The molecule has 1 aliphatic rings. The second kappa shape index (κ2) is 6.35. The van der Waals surface area contributed by atoms with Crippen LogP contribution in [0.3, 0.4) is 0 Å². The fourth-order valence-corrected chi connectivity index (χ4v) is 4.39. The van der Waals surface area contributed by atoms with E-state index in [2.05, 4.69) is 0 Å². The van der Waals surface area contributed by atoms with E-state index in [4.69, 9.17) is 23.1 Å². The van der Waals surface area contributed by atoms with Crippen molar-refractivity contribution in [3.63, 3.8) is 0 Å². The van der Waals surface area contributed by atoms with Gasteiger partial charge in [-0.15, -0.1) is 0 Å². The maximum absolute atomic E-state index is 13.8. The Bertz CT molecular complexity index is 641. The molecule has 0 bridgehead atoms. The minimum Gasteiger partial charge on any atom is -0.396 e. The van der Waals surface area contributed by atoms with Gasteiger partial charge in [0.05, 0.1) is 10.5 Å². The fraction of sp³-hybridized carbons (Fsp3) is 0.462. The third kappa shape index (κ3) is 3.23. The van der Waals surface area contributed by atoms with E-state index in [9.17, 15) is 12.8 Å². The molecule has 0 saturated carbocycles. The molecule has 0 unspecified atom stereocenters. The van der Waals surface area contributed by atoms with E-state index < -0.39 is 15.8 Å². The maximum Gasteiger partial charge on any atom is 0.243 e. The number of aliphatic hydroxyl groups excluding tert-OH is 1. The van der Waals surface area contributed by atoms with Crippen molar-refractivity contribution >= 4 is 27.2 Å². The van der Waals surface area contributed by atoms with Crippen LogP contribution in [0.5, 0.6) is 0 Å². The van der Waals surface area contributed by atoms with Crippen LogP contribution in [0.4, 0.5) is 4.39 Å². The van der Waals surface area contributed by atoms with Gasteiger partial charge in [0, 0.05) is 19.7 Å². The van der Waals surface area contributed by atoms with E-state index in [0.29, 0.717) is 25.9 Å². The van der Waals surface area contributed by atoms with Gasteiger partial charge in [-0.2, -0.15) is 4.31 Å².